The number of hydrogen-bond acceptors (Lipinski definition) is 7. The van der Waals surface area contributed by atoms with Crippen LogP contribution in [0.25, 0.3) is 11.3 Å². The zero-order valence-corrected chi connectivity index (χ0v) is 19.6. The van der Waals surface area contributed by atoms with Gasteiger partial charge in [0.2, 0.25) is 16.8 Å². The van der Waals surface area contributed by atoms with Crippen LogP contribution in [0.3, 0.4) is 0 Å². The van der Waals surface area contributed by atoms with Crippen molar-refractivity contribution in [3.8, 4) is 22.8 Å². The predicted molar refractivity (Wildman–Crippen MR) is 128 cm³/mol. The smallest absolute Gasteiger partial charge is 0.243 e. The fraction of sp³-hybridized carbons (Fsp3) is 0.360. The zero-order valence-electron chi connectivity index (χ0n) is 18.8. The Morgan fingerprint density at radius 2 is 1.56 bits per heavy atom. The molecule has 0 saturated carbocycles. The number of piperazine rings is 1. The number of fused-ring (bicyclic) bond motifs is 2. The highest BCUT2D eigenvalue weighted by atomic mass is 32.2. The summed E-state index contributed by atoms with van der Waals surface area (Å²) < 4.78 is 38.9. The second-order valence-corrected chi connectivity index (χ2v) is 10.8. The average Bonchev–Trinajstić information content (AvgIpc) is 3.37. The van der Waals surface area contributed by atoms with Gasteiger partial charge in [-0.05, 0) is 79.3 Å². The Hall–Kier alpha value is -3.17. The largest absolute Gasteiger partial charge is 0.454 e. The van der Waals surface area contributed by atoms with Crippen molar-refractivity contribution in [1.82, 2.24) is 14.5 Å². The van der Waals surface area contributed by atoms with E-state index in [0.717, 1.165) is 42.1 Å². The van der Waals surface area contributed by atoms with Crippen LogP contribution in [0.1, 0.15) is 24.0 Å². The van der Waals surface area contributed by atoms with Crippen LogP contribution >= 0.6 is 0 Å². The molecule has 2 aromatic carbocycles. The monoisotopic (exact) mass is 478 g/mol. The lowest BCUT2D eigenvalue weighted by molar-refractivity contribution is 0.174. The van der Waals surface area contributed by atoms with Crippen LogP contribution in [0.4, 0.5) is 5.82 Å². The van der Waals surface area contributed by atoms with E-state index in [1.54, 1.807) is 10.4 Å². The molecule has 0 N–H and O–H groups in total. The molecule has 0 radical (unpaired) electrons. The van der Waals surface area contributed by atoms with Crippen LogP contribution in [0, 0.1) is 0 Å². The molecule has 1 saturated heterocycles. The highest BCUT2D eigenvalue weighted by Crippen LogP contribution is 2.35. The van der Waals surface area contributed by atoms with Crippen molar-refractivity contribution < 1.29 is 17.9 Å². The van der Waals surface area contributed by atoms with Gasteiger partial charge in [0.05, 0.1) is 10.6 Å². The van der Waals surface area contributed by atoms with Crippen LogP contribution in [-0.2, 0) is 22.9 Å². The highest BCUT2D eigenvalue weighted by Gasteiger charge is 2.30. The molecule has 1 aliphatic carbocycles. The predicted octanol–water partition coefficient (Wildman–Crippen LogP) is 3.26. The number of ether oxygens (including phenoxy) is 2. The van der Waals surface area contributed by atoms with Gasteiger partial charge in [0.1, 0.15) is 0 Å². The van der Waals surface area contributed by atoms with Crippen LogP contribution in [0.5, 0.6) is 11.5 Å². The summed E-state index contributed by atoms with van der Waals surface area (Å²) in [5, 5.41) is 8.79. The Morgan fingerprint density at radius 3 is 2.35 bits per heavy atom. The zero-order chi connectivity index (χ0) is 23.1. The summed E-state index contributed by atoms with van der Waals surface area (Å²) in [6, 6.07) is 15.2. The minimum absolute atomic E-state index is 0.234. The number of sulfonamides is 1. The van der Waals surface area contributed by atoms with Crippen LogP contribution < -0.4 is 14.4 Å². The molecule has 0 bridgehead atoms. The SMILES string of the molecule is O=S(=O)(c1ccc2c(c1)CCCC2)N1CCN(c2ccc(-c3ccc4c(c3)OCO4)nn2)CC1. The van der Waals surface area contributed by atoms with Crippen molar-refractivity contribution in [3.05, 3.63) is 59.7 Å². The maximum atomic E-state index is 13.3. The quantitative estimate of drug-likeness (QED) is 0.569. The highest BCUT2D eigenvalue weighted by molar-refractivity contribution is 7.89. The van der Waals surface area contributed by atoms with Crippen molar-refractivity contribution in [2.75, 3.05) is 37.9 Å². The van der Waals surface area contributed by atoms with Gasteiger partial charge in [-0.15, -0.1) is 10.2 Å². The molecule has 2 aliphatic heterocycles. The van der Waals surface area contributed by atoms with Gasteiger partial charge in [-0.25, -0.2) is 8.42 Å². The van der Waals surface area contributed by atoms with Crippen molar-refractivity contribution >= 4 is 15.8 Å². The third-order valence-corrected chi connectivity index (χ3v) is 8.73. The lowest BCUT2D eigenvalue weighted by Crippen LogP contribution is -2.49. The summed E-state index contributed by atoms with van der Waals surface area (Å²) in [7, 11) is -3.50. The molecule has 0 atom stereocenters. The van der Waals surface area contributed by atoms with Crippen molar-refractivity contribution in [2.45, 2.75) is 30.6 Å². The first-order valence-electron chi connectivity index (χ1n) is 11.7. The Bertz CT molecular complexity index is 1320. The first kappa shape index (κ1) is 21.4. The first-order chi connectivity index (χ1) is 16.6. The molecule has 34 heavy (non-hydrogen) atoms. The number of aromatic nitrogens is 2. The molecule has 3 aliphatic rings. The molecule has 0 spiro atoms. The van der Waals surface area contributed by atoms with Gasteiger partial charge in [-0.3, -0.25) is 0 Å². The van der Waals surface area contributed by atoms with Gasteiger partial charge in [0.25, 0.3) is 0 Å². The summed E-state index contributed by atoms with van der Waals surface area (Å²) in [5.74, 6) is 2.19. The van der Waals surface area contributed by atoms with Crippen molar-refractivity contribution in [1.29, 1.82) is 0 Å². The van der Waals surface area contributed by atoms with E-state index in [2.05, 4.69) is 15.1 Å². The van der Waals surface area contributed by atoms with Crippen LogP contribution in [-0.4, -0.2) is 55.9 Å². The van der Waals surface area contributed by atoms with E-state index >= 15 is 0 Å². The lowest BCUT2D eigenvalue weighted by Gasteiger charge is -2.34. The average molecular weight is 479 g/mol. The molecule has 8 nitrogen and oxygen atoms in total. The Labute approximate surface area is 199 Å². The normalized spacial score (nSPS) is 18.1. The maximum absolute atomic E-state index is 13.3. The third kappa shape index (κ3) is 3.88. The second kappa shape index (κ2) is 8.56. The summed E-state index contributed by atoms with van der Waals surface area (Å²) in [6.45, 7) is 2.22. The van der Waals surface area contributed by atoms with E-state index in [1.807, 2.05) is 42.5 Å². The number of rotatable bonds is 4. The molecular weight excluding hydrogens is 452 g/mol. The molecule has 0 amide bonds. The maximum Gasteiger partial charge on any atom is 0.243 e. The molecule has 1 fully saturated rings. The number of hydrogen-bond donors (Lipinski definition) is 0. The first-order valence-corrected chi connectivity index (χ1v) is 13.1. The van der Waals surface area contributed by atoms with Crippen LogP contribution in [0.15, 0.2) is 53.4 Å². The van der Waals surface area contributed by atoms with Gasteiger partial charge in [0, 0.05) is 31.7 Å². The Kier molecular flexibility index (Phi) is 5.38. The van der Waals surface area contributed by atoms with E-state index in [-0.39, 0.29) is 6.79 Å². The summed E-state index contributed by atoms with van der Waals surface area (Å²) in [4.78, 5) is 2.49. The van der Waals surface area contributed by atoms with E-state index in [4.69, 9.17) is 9.47 Å². The molecular formula is C25H26N4O4S. The van der Waals surface area contributed by atoms with E-state index in [9.17, 15) is 8.42 Å². The molecule has 9 heteroatoms. The van der Waals surface area contributed by atoms with Crippen LogP contribution in [0.2, 0.25) is 0 Å². The molecule has 3 aromatic rings. The van der Waals surface area contributed by atoms with Gasteiger partial charge in [0.15, 0.2) is 17.3 Å². The van der Waals surface area contributed by atoms with Crippen molar-refractivity contribution in [2.24, 2.45) is 0 Å². The standard InChI is InChI=1S/C25H26N4O4S/c30-34(31,21-7-5-18-3-1-2-4-19(18)15-21)29-13-11-28(12-14-29)25-10-8-22(26-27-25)20-6-9-23-24(16-20)33-17-32-23/h5-10,15-16H,1-4,11-14,17H2. The number of anilines is 1. The number of nitrogens with zero attached hydrogens (tertiary/aromatic N) is 4. The van der Waals surface area contributed by atoms with Gasteiger partial charge in [-0.1, -0.05) is 6.07 Å². The molecule has 0 unspecified atom stereocenters. The number of aryl methyl sites for hydroxylation is 2. The topological polar surface area (TPSA) is 84.9 Å². The number of benzene rings is 2. The molecule has 6 rings (SSSR count). The minimum atomic E-state index is -3.50. The van der Waals surface area contributed by atoms with Crippen molar-refractivity contribution in [3.63, 3.8) is 0 Å². The fourth-order valence-electron chi connectivity index (χ4n) is 4.88. The Balaban J connectivity index is 1.13. The van der Waals surface area contributed by atoms with E-state index in [0.29, 0.717) is 36.8 Å². The molecule has 176 valence electrons. The Morgan fingerprint density at radius 1 is 0.765 bits per heavy atom. The minimum Gasteiger partial charge on any atom is -0.454 e. The lowest BCUT2D eigenvalue weighted by atomic mass is 9.92. The van der Waals surface area contributed by atoms with Gasteiger partial charge >= 0.3 is 0 Å². The van der Waals surface area contributed by atoms with E-state index < -0.39 is 10.0 Å². The van der Waals surface area contributed by atoms with E-state index in [1.165, 1.54) is 17.5 Å². The van der Waals surface area contributed by atoms with Gasteiger partial charge < -0.3 is 14.4 Å². The van der Waals surface area contributed by atoms with Gasteiger partial charge in [-0.2, -0.15) is 4.31 Å². The summed E-state index contributed by atoms with van der Waals surface area (Å²) in [5.41, 5.74) is 4.13. The summed E-state index contributed by atoms with van der Waals surface area (Å²) in [6.07, 6.45) is 4.32. The molecule has 3 heterocycles. The second-order valence-electron chi connectivity index (χ2n) is 8.87. The molecule has 1 aromatic heterocycles. The third-order valence-electron chi connectivity index (χ3n) is 6.84. The fourth-order valence-corrected chi connectivity index (χ4v) is 6.35. The summed E-state index contributed by atoms with van der Waals surface area (Å²) >= 11 is 0.